The van der Waals surface area contributed by atoms with Crippen LogP contribution in [0.25, 0.3) is 0 Å². The van der Waals surface area contributed by atoms with E-state index in [1.807, 2.05) is 44.2 Å². The molecule has 0 fully saturated rings. The maximum absolute atomic E-state index is 14.8. The molecule has 0 aliphatic carbocycles. The molecule has 0 bridgehead atoms. The van der Waals surface area contributed by atoms with Crippen molar-refractivity contribution in [3.8, 4) is 0 Å². The minimum Gasteiger partial charge on any atom is -0.352 e. The third-order valence-corrected chi connectivity index (χ3v) is 8.82. The normalized spacial score (nSPS) is 12.8. The number of sulfonamides is 1. The summed E-state index contributed by atoms with van der Waals surface area (Å²) in [6.07, 6.45) is 2.17. The van der Waals surface area contributed by atoms with Crippen LogP contribution in [0.4, 0.5) is 10.1 Å². The SMILES string of the molecule is CCC(C)NC(=O)C(Cc1ccccc1)N(Cc1ccccc1F)C(=O)CCCN(c1cccc(Cl)c1C)S(C)(=O)=O. The first-order valence-electron chi connectivity index (χ1n) is 14.0. The molecule has 0 heterocycles. The lowest BCUT2D eigenvalue weighted by atomic mass is 10.0. The summed E-state index contributed by atoms with van der Waals surface area (Å²) in [6.45, 7) is 5.50. The molecule has 3 rings (SSSR count). The van der Waals surface area contributed by atoms with Gasteiger partial charge in [0, 0.05) is 42.6 Å². The van der Waals surface area contributed by atoms with Crippen molar-refractivity contribution in [1.82, 2.24) is 10.2 Å². The molecule has 0 aromatic heterocycles. The van der Waals surface area contributed by atoms with E-state index in [2.05, 4.69) is 5.32 Å². The zero-order valence-electron chi connectivity index (χ0n) is 24.5. The molecular formula is C32H39ClFN3O4S. The topological polar surface area (TPSA) is 86.8 Å². The summed E-state index contributed by atoms with van der Waals surface area (Å²) in [7, 11) is -3.68. The molecule has 2 unspecified atom stereocenters. The second kappa shape index (κ2) is 15.2. The van der Waals surface area contributed by atoms with Gasteiger partial charge >= 0.3 is 0 Å². The molecule has 3 aromatic rings. The Kier molecular flexibility index (Phi) is 11.9. The number of hydrogen-bond acceptors (Lipinski definition) is 4. The predicted molar refractivity (Wildman–Crippen MR) is 166 cm³/mol. The van der Waals surface area contributed by atoms with Crippen molar-refractivity contribution < 1.29 is 22.4 Å². The van der Waals surface area contributed by atoms with E-state index in [0.29, 0.717) is 22.7 Å². The summed E-state index contributed by atoms with van der Waals surface area (Å²) in [5.74, 6) is -1.18. The van der Waals surface area contributed by atoms with Gasteiger partial charge in [-0.3, -0.25) is 13.9 Å². The van der Waals surface area contributed by atoms with Gasteiger partial charge in [0.05, 0.1) is 11.9 Å². The number of amides is 2. The Balaban J connectivity index is 1.92. The third kappa shape index (κ3) is 9.03. The standard InChI is InChI=1S/C32H39ClFN3O4S/c1-5-23(2)35-32(39)30(21-25-13-7-6-8-14-25)36(22-26-15-9-10-17-28(26)34)31(38)19-12-20-37(42(4,40)41)29-18-11-16-27(33)24(29)3/h6-11,13-18,23,30H,5,12,19-22H2,1-4H3,(H,35,39). The van der Waals surface area contributed by atoms with E-state index in [1.165, 1.54) is 15.3 Å². The highest BCUT2D eigenvalue weighted by atomic mass is 35.5. The van der Waals surface area contributed by atoms with Crippen LogP contribution in [-0.2, 0) is 32.6 Å². The number of nitrogens with one attached hydrogen (secondary N) is 1. The number of carbonyl (C=O) groups excluding carboxylic acids is 2. The Morgan fingerprint density at radius 3 is 2.31 bits per heavy atom. The van der Waals surface area contributed by atoms with E-state index in [9.17, 15) is 22.4 Å². The van der Waals surface area contributed by atoms with Gasteiger partial charge in [-0.05, 0) is 56.0 Å². The van der Waals surface area contributed by atoms with Crippen molar-refractivity contribution in [2.24, 2.45) is 0 Å². The Morgan fingerprint density at radius 1 is 1.00 bits per heavy atom. The first-order chi connectivity index (χ1) is 19.9. The quantitative estimate of drug-likeness (QED) is 0.245. The molecule has 226 valence electrons. The number of anilines is 1. The molecule has 0 aliphatic rings. The molecule has 0 saturated carbocycles. The van der Waals surface area contributed by atoms with Gasteiger partial charge in [0.1, 0.15) is 11.9 Å². The predicted octanol–water partition coefficient (Wildman–Crippen LogP) is 5.89. The first kappa shape index (κ1) is 33.1. The Morgan fingerprint density at radius 2 is 1.67 bits per heavy atom. The second-order valence-electron chi connectivity index (χ2n) is 10.5. The Hall–Kier alpha value is -3.43. The Labute approximate surface area is 253 Å². The highest BCUT2D eigenvalue weighted by molar-refractivity contribution is 7.92. The molecule has 42 heavy (non-hydrogen) atoms. The maximum Gasteiger partial charge on any atom is 0.243 e. The van der Waals surface area contributed by atoms with Crippen molar-refractivity contribution in [1.29, 1.82) is 0 Å². The fraction of sp³-hybridized carbons (Fsp3) is 0.375. The van der Waals surface area contributed by atoms with Gasteiger partial charge in [0.2, 0.25) is 21.8 Å². The van der Waals surface area contributed by atoms with E-state index < -0.39 is 21.9 Å². The smallest absolute Gasteiger partial charge is 0.243 e. The molecule has 0 radical (unpaired) electrons. The number of carbonyl (C=O) groups is 2. The second-order valence-corrected chi connectivity index (χ2v) is 12.8. The molecule has 3 aromatic carbocycles. The number of halogens is 2. The lowest BCUT2D eigenvalue weighted by Crippen LogP contribution is -2.52. The van der Waals surface area contributed by atoms with Gasteiger partial charge < -0.3 is 10.2 Å². The zero-order valence-corrected chi connectivity index (χ0v) is 26.1. The largest absolute Gasteiger partial charge is 0.352 e. The Bertz CT molecular complexity index is 1470. The summed E-state index contributed by atoms with van der Waals surface area (Å²) in [5, 5.41) is 3.42. The van der Waals surface area contributed by atoms with Gasteiger partial charge in [0.15, 0.2) is 0 Å². The molecule has 2 atom stereocenters. The third-order valence-electron chi connectivity index (χ3n) is 7.23. The average molecular weight is 616 g/mol. The number of nitrogens with zero attached hydrogens (tertiary/aromatic N) is 2. The van der Waals surface area contributed by atoms with Crippen LogP contribution >= 0.6 is 11.6 Å². The molecule has 0 saturated heterocycles. The van der Waals surface area contributed by atoms with Gasteiger partial charge in [-0.1, -0.05) is 73.1 Å². The van der Waals surface area contributed by atoms with Gasteiger partial charge in [-0.25, -0.2) is 12.8 Å². The van der Waals surface area contributed by atoms with Crippen LogP contribution in [0.15, 0.2) is 72.8 Å². The molecule has 0 spiro atoms. The molecule has 10 heteroatoms. The van der Waals surface area contributed by atoms with Crippen molar-refractivity contribution in [2.75, 3.05) is 17.1 Å². The van der Waals surface area contributed by atoms with Crippen molar-refractivity contribution in [2.45, 2.75) is 65.1 Å². The van der Waals surface area contributed by atoms with Crippen LogP contribution in [0.2, 0.25) is 5.02 Å². The number of rotatable bonds is 14. The van der Waals surface area contributed by atoms with Gasteiger partial charge in [-0.2, -0.15) is 0 Å². The summed E-state index contributed by atoms with van der Waals surface area (Å²) in [4.78, 5) is 28.9. The summed E-state index contributed by atoms with van der Waals surface area (Å²) < 4.78 is 41.4. The maximum atomic E-state index is 14.8. The zero-order chi connectivity index (χ0) is 30.9. The summed E-state index contributed by atoms with van der Waals surface area (Å²) >= 11 is 6.25. The van der Waals surface area contributed by atoms with E-state index in [-0.39, 0.29) is 55.8 Å². The molecule has 7 nitrogen and oxygen atoms in total. The van der Waals surface area contributed by atoms with Crippen LogP contribution in [0.5, 0.6) is 0 Å². The van der Waals surface area contributed by atoms with E-state index in [4.69, 9.17) is 11.6 Å². The van der Waals surface area contributed by atoms with Crippen LogP contribution in [0.3, 0.4) is 0 Å². The summed E-state index contributed by atoms with van der Waals surface area (Å²) in [5.41, 5.74) is 2.19. The monoisotopic (exact) mass is 615 g/mol. The van der Waals surface area contributed by atoms with Crippen LogP contribution < -0.4 is 9.62 Å². The van der Waals surface area contributed by atoms with Gasteiger partial charge in [0.25, 0.3) is 0 Å². The molecule has 1 N–H and O–H groups in total. The summed E-state index contributed by atoms with van der Waals surface area (Å²) in [6, 6.07) is 19.5. The average Bonchev–Trinajstić information content (AvgIpc) is 2.95. The van der Waals surface area contributed by atoms with E-state index >= 15 is 0 Å². The van der Waals surface area contributed by atoms with Crippen LogP contribution in [0.1, 0.15) is 49.8 Å². The fourth-order valence-corrected chi connectivity index (χ4v) is 5.84. The molecular weight excluding hydrogens is 577 g/mol. The molecule has 0 aliphatic heterocycles. The van der Waals surface area contributed by atoms with Crippen LogP contribution in [-0.4, -0.2) is 50.0 Å². The number of benzene rings is 3. The minimum absolute atomic E-state index is 0.0295. The van der Waals surface area contributed by atoms with Crippen molar-refractivity contribution >= 4 is 39.1 Å². The van der Waals surface area contributed by atoms with Gasteiger partial charge in [-0.15, -0.1) is 0 Å². The van der Waals surface area contributed by atoms with Crippen molar-refractivity contribution in [3.63, 3.8) is 0 Å². The van der Waals surface area contributed by atoms with Crippen molar-refractivity contribution in [3.05, 3.63) is 100 Å². The van der Waals surface area contributed by atoms with E-state index in [0.717, 1.165) is 11.8 Å². The fourth-order valence-electron chi connectivity index (χ4n) is 4.65. The number of hydrogen-bond donors (Lipinski definition) is 1. The molecule has 2 amide bonds. The highest BCUT2D eigenvalue weighted by Gasteiger charge is 2.31. The minimum atomic E-state index is -3.68. The lowest BCUT2D eigenvalue weighted by molar-refractivity contribution is -0.141. The van der Waals surface area contributed by atoms with E-state index in [1.54, 1.807) is 43.3 Å². The lowest BCUT2D eigenvalue weighted by Gasteiger charge is -2.33. The van der Waals surface area contributed by atoms with Crippen LogP contribution in [0, 0.1) is 12.7 Å². The highest BCUT2D eigenvalue weighted by Crippen LogP contribution is 2.28. The first-order valence-corrected chi connectivity index (χ1v) is 16.2.